The van der Waals surface area contributed by atoms with Gasteiger partial charge in [0.15, 0.2) is 0 Å². The van der Waals surface area contributed by atoms with Crippen LogP contribution < -0.4 is 0 Å². The van der Waals surface area contributed by atoms with Gasteiger partial charge in [0.25, 0.3) is 0 Å². The maximum atomic E-state index is 10.4. The summed E-state index contributed by atoms with van der Waals surface area (Å²) in [5.41, 5.74) is 15.3. The summed E-state index contributed by atoms with van der Waals surface area (Å²) in [5.74, 6) is 0. The summed E-state index contributed by atoms with van der Waals surface area (Å²) in [7, 11) is 0. The Morgan fingerprint density at radius 3 is 1.47 bits per heavy atom. The lowest BCUT2D eigenvalue weighted by atomic mass is 9.99. The normalized spacial score (nSPS) is 11.6. The molecule has 0 fully saturated rings. The summed E-state index contributed by atoms with van der Waals surface area (Å²) in [5, 5.41) is 27.1. The third-order valence-corrected chi connectivity index (χ3v) is 11.6. The first kappa shape index (κ1) is 32.6. The molecule has 3 aromatic heterocycles. The van der Waals surface area contributed by atoms with Gasteiger partial charge in [-0.05, 0) is 123 Å². The molecule has 0 saturated heterocycles. The predicted molar refractivity (Wildman–Crippen MR) is 234 cm³/mol. The molecule has 0 unspecified atom stereocenters. The number of para-hydroxylation sites is 2. The second kappa shape index (κ2) is 12.3. The summed E-state index contributed by atoms with van der Waals surface area (Å²) >= 11 is 0. The third kappa shape index (κ3) is 4.87. The first-order valence-corrected chi connectivity index (χ1v) is 19.1. The van der Waals surface area contributed by atoms with E-state index in [-0.39, 0.29) is 0 Å². The third-order valence-electron chi connectivity index (χ3n) is 11.6. The Balaban J connectivity index is 1.09. The monoisotopic (exact) mass is 727 g/mol. The van der Waals surface area contributed by atoms with Crippen LogP contribution in [0.4, 0.5) is 0 Å². The molecule has 0 N–H and O–H groups in total. The summed E-state index contributed by atoms with van der Waals surface area (Å²) < 4.78 is 6.96. The molecule has 0 atom stereocenters. The Bertz CT molecular complexity index is 3520. The van der Waals surface area contributed by atoms with E-state index in [1.54, 1.807) is 0 Å². The van der Waals surface area contributed by atoms with Crippen molar-refractivity contribution in [2.45, 2.75) is 13.8 Å². The van der Waals surface area contributed by atoms with Gasteiger partial charge in [0.2, 0.25) is 0 Å². The van der Waals surface area contributed by atoms with E-state index in [9.17, 15) is 10.5 Å². The molecule has 0 spiro atoms. The van der Waals surface area contributed by atoms with Gasteiger partial charge in [-0.1, -0.05) is 71.8 Å². The summed E-state index contributed by atoms with van der Waals surface area (Å²) in [6.45, 7) is 4.31. The Morgan fingerprint density at radius 2 is 0.860 bits per heavy atom. The zero-order chi connectivity index (χ0) is 38.4. The van der Waals surface area contributed by atoms with Gasteiger partial charge in [-0.2, -0.15) is 10.5 Å². The number of benzene rings is 8. The molecule has 266 valence electrons. The van der Waals surface area contributed by atoms with Crippen LogP contribution in [0.15, 0.2) is 164 Å². The largest absolute Gasteiger partial charge is 0.309 e. The van der Waals surface area contributed by atoms with Crippen molar-refractivity contribution in [3.63, 3.8) is 0 Å². The van der Waals surface area contributed by atoms with Crippen molar-refractivity contribution in [2.24, 2.45) is 0 Å². The van der Waals surface area contributed by atoms with Crippen molar-refractivity contribution in [1.29, 1.82) is 10.5 Å². The Kier molecular flexibility index (Phi) is 7.04. The fourth-order valence-electron chi connectivity index (χ4n) is 9.05. The predicted octanol–water partition coefficient (Wildman–Crippen LogP) is 13.0. The average molecular weight is 728 g/mol. The lowest BCUT2D eigenvalue weighted by Gasteiger charge is -2.14. The lowest BCUT2D eigenvalue weighted by molar-refractivity contribution is 1.16. The van der Waals surface area contributed by atoms with Gasteiger partial charge in [0, 0.05) is 54.9 Å². The van der Waals surface area contributed by atoms with Gasteiger partial charge in [-0.15, -0.1) is 0 Å². The first-order valence-electron chi connectivity index (χ1n) is 19.1. The number of aryl methyl sites for hydroxylation is 2. The average Bonchev–Trinajstić information content (AvgIpc) is 3.88. The Morgan fingerprint density at radius 1 is 0.368 bits per heavy atom. The zero-order valence-corrected chi connectivity index (χ0v) is 31.3. The molecule has 0 aliphatic heterocycles. The smallest absolute Gasteiger partial charge is 0.0998 e. The molecule has 0 aliphatic carbocycles. The van der Waals surface area contributed by atoms with Crippen LogP contribution in [-0.4, -0.2) is 13.7 Å². The van der Waals surface area contributed by atoms with E-state index >= 15 is 0 Å². The van der Waals surface area contributed by atoms with Gasteiger partial charge < -0.3 is 13.7 Å². The highest BCUT2D eigenvalue weighted by Crippen LogP contribution is 2.39. The van der Waals surface area contributed by atoms with Gasteiger partial charge in [0.05, 0.1) is 56.4 Å². The molecular weight excluding hydrogens is 695 g/mol. The van der Waals surface area contributed by atoms with Crippen LogP contribution in [0.1, 0.15) is 22.3 Å². The van der Waals surface area contributed by atoms with E-state index in [1.807, 2.05) is 42.5 Å². The summed E-state index contributed by atoms with van der Waals surface area (Å²) in [6.07, 6.45) is 0. The number of rotatable bonds is 4. The van der Waals surface area contributed by atoms with E-state index < -0.39 is 0 Å². The van der Waals surface area contributed by atoms with Crippen LogP contribution in [0.5, 0.6) is 0 Å². The number of nitrogens with zero attached hydrogens (tertiary/aromatic N) is 5. The van der Waals surface area contributed by atoms with E-state index in [2.05, 4.69) is 161 Å². The van der Waals surface area contributed by atoms with E-state index in [0.717, 1.165) is 61.0 Å². The van der Waals surface area contributed by atoms with Crippen LogP contribution in [0.2, 0.25) is 0 Å². The number of hydrogen-bond donors (Lipinski definition) is 0. The van der Waals surface area contributed by atoms with E-state index in [4.69, 9.17) is 0 Å². The molecule has 0 amide bonds. The zero-order valence-electron chi connectivity index (χ0n) is 31.3. The molecule has 0 saturated carbocycles. The Hall–Kier alpha value is -7.86. The fraction of sp³-hybridized carbons (Fsp3) is 0.0385. The SMILES string of the molecule is Cc1ccc2c(c1)c1cc(C)ccc1n2-c1ccc2c(c1)c1ccccc1n2-c1cccc(-c2cc(-n3c4ccccc4c4cc(C#N)ccc43)ccc2C#N)c1. The van der Waals surface area contributed by atoms with Crippen molar-refractivity contribution >= 4 is 65.4 Å². The van der Waals surface area contributed by atoms with Crippen LogP contribution >= 0.6 is 0 Å². The molecule has 0 radical (unpaired) electrons. The highest BCUT2D eigenvalue weighted by atomic mass is 15.0. The van der Waals surface area contributed by atoms with Crippen LogP contribution in [0.3, 0.4) is 0 Å². The van der Waals surface area contributed by atoms with E-state index in [1.165, 1.54) is 43.7 Å². The van der Waals surface area contributed by atoms with E-state index in [0.29, 0.717) is 11.1 Å². The second-order valence-corrected chi connectivity index (χ2v) is 15.0. The van der Waals surface area contributed by atoms with Gasteiger partial charge in [-0.3, -0.25) is 0 Å². The number of hydrogen-bond acceptors (Lipinski definition) is 2. The second-order valence-electron chi connectivity index (χ2n) is 15.0. The van der Waals surface area contributed by atoms with Crippen LogP contribution in [0.25, 0.3) is 93.6 Å². The summed E-state index contributed by atoms with van der Waals surface area (Å²) in [4.78, 5) is 0. The van der Waals surface area contributed by atoms with Gasteiger partial charge >= 0.3 is 0 Å². The molecule has 0 bridgehead atoms. The van der Waals surface area contributed by atoms with Crippen molar-refractivity contribution in [3.05, 3.63) is 186 Å². The quantitative estimate of drug-likeness (QED) is 0.181. The Labute approximate surface area is 328 Å². The standard InChI is InChI=1S/C52H33N5/c1-32-14-20-49-43(24-32)44-25-33(2)15-21-50(44)57(49)39-19-23-52-46(29-39)41-11-4-6-13-48(41)55(52)37-9-7-8-35(27-37)42-28-38(18-17-36(42)31-54)56-47-12-5-3-10-40(47)45-26-34(30-53)16-22-51(45)56/h3-29H,1-2H3. The molecule has 11 rings (SSSR count). The molecule has 8 aromatic carbocycles. The van der Waals surface area contributed by atoms with Gasteiger partial charge in [-0.25, -0.2) is 0 Å². The van der Waals surface area contributed by atoms with Crippen molar-refractivity contribution in [3.8, 4) is 40.3 Å². The highest BCUT2D eigenvalue weighted by molar-refractivity contribution is 6.13. The van der Waals surface area contributed by atoms with Gasteiger partial charge in [0.1, 0.15) is 0 Å². The minimum Gasteiger partial charge on any atom is -0.309 e. The maximum Gasteiger partial charge on any atom is 0.0998 e. The molecule has 0 aliphatic rings. The minimum atomic E-state index is 0.604. The number of aromatic nitrogens is 3. The number of fused-ring (bicyclic) bond motifs is 9. The minimum absolute atomic E-state index is 0.604. The van der Waals surface area contributed by atoms with Crippen LogP contribution in [-0.2, 0) is 0 Å². The topological polar surface area (TPSA) is 62.4 Å². The van der Waals surface area contributed by atoms with Crippen molar-refractivity contribution in [1.82, 2.24) is 13.7 Å². The molecule has 3 heterocycles. The molecule has 5 nitrogen and oxygen atoms in total. The highest BCUT2D eigenvalue weighted by Gasteiger charge is 2.19. The lowest BCUT2D eigenvalue weighted by Crippen LogP contribution is -1.98. The first-order chi connectivity index (χ1) is 28.0. The fourth-order valence-corrected chi connectivity index (χ4v) is 9.05. The maximum absolute atomic E-state index is 10.4. The number of nitriles is 2. The molecule has 5 heteroatoms. The molecular formula is C52H33N5. The van der Waals surface area contributed by atoms with Crippen molar-refractivity contribution in [2.75, 3.05) is 0 Å². The molecule has 57 heavy (non-hydrogen) atoms. The van der Waals surface area contributed by atoms with Crippen LogP contribution in [0, 0.1) is 36.5 Å². The summed E-state index contributed by atoms with van der Waals surface area (Å²) in [6, 6.07) is 62.4. The van der Waals surface area contributed by atoms with Crippen molar-refractivity contribution < 1.29 is 0 Å². The molecule has 11 aromatic rings.